The van der Waals surface area contributed by atoms with Crippen molar-refractivity contribution in [3.8, 4) is 6.07 Å². The molecule has 0 atom stereocenters. The fourth-order valence-corrected chi connectivity index (χ4v) is 2.43. The van der Waals surface area contributed by atoms with E-state index in [-0.39, 0.29) is 28.6 Å². The summed E-state index contributed by atoms with van der Waals surface area (Å²) in [6.07, 6.45) is 1.13. The maximum atomic E-state index is 13.8. The van der Waals surface area contributed by atoms with Crippen LogP contribution in [-0.4, -0.2) is 4.57 Å². The van der Waals surface area contributed by atoms with E-state index in [1.807, 2.05) is 0 Å². The molecule has 7 heteroatoms. The van der Waals surface area contributed by atoms with Crippen molar-refractivity contribution < 1.29 is 17.6 Å². The lowest BCUT2D eigenvalue weighted by Gasteiger charge is -2.13. The molecule has 2 aromatic carbocycles. The second-order valence-corrected chi connectivity index (χ2v) is 5.13. The Labute approximate surface area is 133 Å². The number of nitrogens with zero attached hydrogens (tertiary/aromatic N) is 2. The van der Waals surface area contributed by atoms with Crippen molar-refractivity contribution in [2.45, 2.75) is 6.54 Å². The Kier molecular flexibility index (Phi) is 3.81. The van der Waals surface area contributed by atoms with Crippen LogP contribution in [0.2, 0.25) is 0 Å². The van der Waals surface area contributed by atoms with Crippen LogP contribution in [0.4, 0.5) is 17.6 Å². The number of halogens is 4. The molecule has 0 saturated carbocycles. The van der Waals surface area contributed by atoms with Crippen LogP contribution in [0.25, 0.3) is 10.9 Å². The summed E-state index contributed by atoms with van der Waals surface area (Å²) < 4.78 is 55.0. The number of fused-ring (bicyclic) bond motifs is 1. The van der Waals surface area contributed by atoms with Crippen LogP contribution in [-0.2, 0) is 6.54 Å². The molecule has 0 amide bonds. The van der Waals surface area contributed by atoms with Crippen molar-refractivity contribution in [2.75, 3.05) is 0 Å². The number of pyridine rings is 1. The largest absolute Gasteiger partial charge is 0.341 e. The first-order chi connectivity index (χ1) is 11.4. The smallest absolute Gasteiger partial charge is 0.207 e. The number of hydrogen-bond donors (Lipinski definition) is 0. The van der Waals surface area contributed by atoms with Gasteiger partial charge in [0.05, 0.1) is 17.4 Å². The second-order valence-electron chi connectivity index (χ2n) is 5.13. The van der Waals surface area contributed by atoms with Gasteiger partial charge in [0.15, 0.2) is 11.6 Å². The number of rotatable bonds is 2. The lowest BCUT2D eigenvalue weighted by atomic mass is 10.1. The molecule has 1 aromatic heterocycles. The number of aromatic nitrogens is 1. The lowest BCUT2D eigenvalue weighted by molar-refractivity contribution is 0.510. The van der Waals surface area contributed by atoms with Crippen LogP contribution in [0.1, 0.15) is 11.1 Å². The summed E-state index contributed by atoms with van der Waals surface area (Å²) in [7, 11) is 0. The van der Waals surface area contributed by atoms with Crippen molar-refractivity contribution >= 4 is 10.9 Å². The highest BCUT2D eigenvalue weighted by atomic mass is 19.2. The third-order valence-electron chi connectivity index (χ3n) is 3.60. The van der Waals surface area contributed by atoms with Crippen molar-refractivity contribution in [2.24, 2.45) is 0 Å². The molecule has 0 spiro atoms. The maximum absolute atomic E-state index is 13.8. The molecule has 0 saturated heterocycles. The van der Waals surface area contributed by atoms with Crippen LogP contribution >= 0.6 is 0 Å². The number of benzene rings is 2. The van der Waals surface area contributed by atoms with Gasteiger partial charge in [0.2, 0.25) is 5.43 Å². The molecule has 0 aliphatic rings. The molecule has 1 heterocycles. The van der Waals surface area contributed by atoms with E-state index in [1.54, 1.807) is 6.07 Å². The van der Waals surface area contributed by atoms with E-state index in [2.05, 4.69) is 0 Å². The third-order valence-corrected chi connectivity index (χ3v) is 3.60. The zero-order chi connectivity index (χ0) is 17.4. The molecule has 0 aliphatic carbocycles. The van der Waals surface area contributed by atoms with Crippen molar-refractivity contribution in [3.63, 3.8) is 0 Å². The van der Waals surface area contributed by atoms with Crippen molar-refractivity contribution in [1.82, 2.24) is 4.57 Å². The Morgan fingerprint density at radius 1 is 1.00 bits per heavy atom. The third kappa shape index (κ3) is 2.63. The average Bonchev–Trinajstić information content (AvgIpc) is 2.54. The predicted molar refractivity (Wildman–Crippen MR) is 78.3 cm³/mol. The maximum Gasteiger partial charge on any atom is 0.207 e. The van der Waals surface area contributed by atoms with Crippen molar-refractivity contribution in [1.29, 1.82) is 5.26 Å². The Bertz CT molecular complexity index is 1070. The highest BCUT2D eigenvalue weighted by molar-refractivity contribution is 5.80. The SMILES string of the molecule is N#Cc1cn(Cc2ccc(F)cc2F)c2cc(F)c(F)cc2c1=O. The van der Waals surface area contributed by atoms with E-state index in [4.69, 9.17) is 5.26 Å². The fraction of sp³-hybridized carbons (Fsp3) is 0.0588. The quantitative estimate of drug-likeness (QED) is 0.675. The first-order valence-electron chi connectivity index (χ1n) is 6.77. The summed E-state index contributed by atoms with van der Waals surface area (Å²) in [5.74, 6) is -4.00. The highest BCUT2D eigenvalue weighted by Gasteiger charge is 2.14. The summed E-state index contributed by atoms with van der Waals surface area (Å²) in [5, 5.41) is 8.83. The Morgan fingerprint density at radius 2 is 1.71 bits per heavy atom. The molecular formula is C17H8F4N2O. The molecule has 0 fully saturated rings. The minimum absolute atomic E-state index is 0.00150. The normalized spacial score (nSPS) is 10.8. The molecule has 0 aliphatic heterocycles. The minimum atomic E-state index is -1.23. The first-order valence-corrected chi connectivity index (χ1v) is 6.77. The summed E-state index contributed by atoms with van der Waals surface area (Å²) >= 11 is 0. The standard InChI is InChI=1S/C17H8F4N2O/c18-11-2-1-9(13(19)3-11)7-23-8-10(6-22)17(24)12-4-14(20)15(21)5-16(12)23/h1-5,8H,7H2. The average molecular weight is 332 g/mol. The van der Waals surface area contributed by atoms with E-state index in [0.717, 1.165) is 18.3 Å². The van der Waals surface area contributed by atoms with E-state index in [1.165, 1.54) is 10.6 Å². The molecule has 24 heavy (non-hydrogen) atoms. The summed E-state index contributed by atoms with van der Waals surface area (Å²) in [4.78, 5) is 12.1. The molecule has 3 rings (SSSR count). The van der Waals surface area contributed by atoms with Gasteiger partial charge in [-0.1, -0.05) is 6.07 Å². The molecule has 0 unspecified atom stereocenters. The van der Waals surface area contributed by atoms with E-state index >= 15 is 0 Å². The zero-order valence-corrected chi connectivity index (χ0v) is 12.0. The van der Waals surface area contributed by atoms with Gasteiger partial charge in [0, 0.05) is 23.9 Å². The van der Waals surface area contributed by atoms with Gasteiger partial charge in [-0.3, -0.25) is 4.79 Å². The fourth-order valence-electron chi connectivity index (χ4n) is 2.43. The summed E-state index contributed by atoms with van der Waals surface area (Å²) in [6.45, 7) is -0.192. The van der Waals surface area contributed by atoms with Gasteiger partial charge in [-0.2, -0.15) is 5.26 Å². The zero-order valence-electron chi connectivity index (χ0n) is 12.0. The van der Waals surface area contributed by atoms with Gasteiger partial charge in [-0.15, -0.1) is 0 Å². The molecule has 120 valence electrons. The molecule has 0 N–H and O–H groups in total. The monoisotopic (exact) mass is 332 g/mol. The molecular weight excluding hydrogens is 324 g/mol. The highest BCUT2D eigenvalue weighted by Crippen LogP contribution is 2.19. The van der Waals surface area contributed by atoms with Crippen LogP contribution < -0.4 is 5.43 Å². The summed E-state index contributed by atoms with van der Waals surface area (Å²) in [6, 6.07) is 6.10. The van der Waals surface area contributed by atoms with E-state index in [0.29, 0.717) is 12.1 Å². The van der Waals surface area contributed by atoms with Crippen LogP contribution in [0.3, 0.4) is 0 Å². The van der Waals surface area contributed by atoms with E-state index < -0.39 is 28.7 Å². The Balaban J connectivity index is 2.27. The van der Waals surface area contributed by atoms with Gasteiger partial charge in [0.25, 0.3) is 0 Å². The van der Waals surface area contributed by atoms with Gasteiger partial charge in [0.1, 0.15) is 23.3 Å². The summed E-state index contributed by atoms with van der Waals surface area (Å²) in [5.41, 5.74) is -0.977. The first kappa shape index (κ1) is 15.7. The molecule has 0 radical (unpaired) electrons. The van der Waals surface area contributed by atoms with Gasteiger partial charge < -0.3 is 4.57 Å². The van der Waals surface area contributed by atoms with Gasteiger partial charge >= 0.3 is 0 Å². The van der Waals surface area contributed by atoms with E-state index in [9.17, 15) is 22.4 Å². The Morgan fingerprint density at radius 3 is 2.38 bits per heavy atom. The number of nitriles is 1. The molecule has 0 bridgehead atoms. The van der Waals surface area contributed by atoms with Crippen LogP contribution in [0.15, 0.2) is 41.3 Å². The van der Waals surface area contributed by atoms with Crippen LogP contribution in [0, 0.1) is 34.6 Å². The predicted octanol–water partition coefficient (Wildman–Crippen LogP) is 3.48. The number of hydrogen-bond acceptors (Lipinski definition) is 2. The van der Waals surface area contributed by atoms with Gasteiger partial charge in [-0.25, -0.2) is 17.6 Å². The minimum Gasteiger partial charge on any atom is -0.341 e. The topological polar surface area (TPSA) is 45.8 Å². The molecule has 3 nitrogen and oxygen atoms in total. The lowest BCUT2D eigenvalue weighted by Crippen LogP contribution is -2.15. The van der Waals surface area contributed by atoms with Crippen molar-refractivity contribution in [3.05, 3.63) is 81.1 Å². The second kappa shape index (κ2) is 5.81. The molecule has 3 aromatic rings. The van der Waals surface area contributed by atoms with Gasteiger partial charge in [-0.05, 0) is 12.1 Å². The Hall–Kier alpha value is -3.14. The van der Waals surface area contributed by atoms with Crippen LogP contribution in [0.5, 0.6) is 0 Å².